The van der Waals surface area contributed by atoms with Crippen LogP contribution in [0.25, 0.3) is 0 Å². The van der Waals surface area contributed by atoms with Crippen LogP contribution in [0.2, 0.25) is 0 Å². The Labute approximate surface area is 95.1 Å². The van der Waals surface area contributed by atoms with E-state index in [4.69, 9.17) is 5.73 Å². The molecular weight excluding hydrogens is 200 g/mol. The molecule has 0 saturated heterocycles. The van der Waals surface area contributed by atoms with Crippen LogP contribution in [0.3, 0.4) is 0 Å². The summed E-state index contributed by atoms with van der Waals surface area (Å²) < 4.78 is 1.83. The molecule has 0 bridgehead atoms. The SMILES string of the molecule is Cc1cc(NCc2ccccc2N)n(C)n1. The van der Waals surface area contributed by atoms with Crippen molar-refractivity contribution < 1.29 is 0 Å². The molecule has 3 N–H and O–H groups in total. The van der Waals surface area contributed by atoms with E-state index < -0.39 is 0 Å². The van der Waals surface area contributed by atoms with Crippen LogP contribution in [-0.4, -0.2) is 9.78 Å². The molecule has 4 heteroatoms. The van der Waals surface area contributed by atoms with Gasteiger partial charge >= 0.3 is 0 Å². The average molecular weight is 216 g/mol. The zero-order chi connectivity index (χ0) is 11.5. The van der Waals surface area contributed by atoms with Gasteiger partial charge in [-0.15, -0.1) is 0 Å². The van der Waals surface area contributed by atoms with Crippen molar-refractivity contribution in [2.75, 3.05) is 11.1 Å². The number of hydrogen-bond acceptors (Lipinski definition) is 3. The Morgan fingerprint density at radius 2 is 2.12 bits per heavy atom. The van der Waals surface area contributed by atoms with Crippen LogP contribution < -0.4 is 11.1 Å². The number of nitrogen functional groups attached to an aromatic ring is 1. The fraction of sp³-hybridized carbons (Fsp3) is 0.250. The largest absolute Gasteiger partial charge is 0.398 e. The number of rotatable bonds is 3. The van der Waals surface area contributed by atoms with E-state index >= 15 is 0 Å². The van der Waals surface area contributed by atoms with Crippen LogP contribution in [-0.2, 0) is 13.6 Å². The summed E-state index contributed by atoms with van der Waals surface area (Å²) >= 11 is 0. The molecule has 1 aromatic carbocycles. The average Bonchev–Trinajstić information content (AvgIpc) is 2.56. The zero-order valence-corrected chi connectivity index (χ0v) is 9.57. The maximum Gasteiger partial charge on any atom is 0.124 e. The maximum atomic E-state index is 5.87. The number of para-hydroxylation sites is 1. The lowest BCUT2D eigenvalue weighted by Gasteiger charge is -2.08. The van der Waals surface area contributed by atoms with Gasteiger partial charge in [-0.25, -0.2) is 0 Å². The first-order valence-electron chi connectivity index (χ1n) is 5.24. The third kappa shape index (κ3) is 2.16. The van der Waals surface area contributed by atoms with Gasteiger partial charge in [0.05, 0.1) is 5.69 Å². The number of hydrogen-bond donors (Lipinski definition) is 2. The molecule has 84 valence electrons. The summed E-state index contributed by atoms with van der Waals surface area (Å²) in [6.07, 6.45) is 0. The minimum absolute atomic E-state index is 0.714. The second-order valence-corrected chi connectivity index (χ2v) is 3.85. The number of anilines is 2. The predicted molar refractivity (Wildman–Crippen MR) is 66.1 cm³/mol. The van der Waals surface area contributed by atoms with Crippen molar-refractivity contribution in [1.29, 1.82) is 0 Å². The number of nitrogens with two attached hydrogens (primary N) is 1. The van der Waals surface area contributed by atoms with Crippen molar-refractivity contribution in [2.45, 2.75) is 13.5 Å². The Balaban J connectivity index is 2.08. The highest BCUT2D eigenvalue weighted by atomic mass is 15.3. The molecule has 0 saturated carbocycles. The maximum absolute atomic E-state index is 5.87. The number of nitrogens with zero attached hydrogens (tertiary/aromatic N) is 2. The van der Waals surface area contributed by atoms with E-state index in [1.165, 1.54) is 0 Å². The molecule has 2 aromatic rings. The lowest BCUT2D eigenvalue weighted by molar-refractivity contribution is 0.758. The second-order valence-electron chi connectivity index (χ2n) is 3.85. The van der Waals surface area contributed by atoms with Crippen molar-refractivity contribution in [2.24, 2.45) is 7.05 Å². The van der Waals surface area contributed by atoms with Crippen LogP contribution in [0.5, 0.6) is 0 Å². The standard InChI is InChI=1S/C12H16N4/c1-9-7-12(16(2)15-9)14-8-10-5-3-4-6-11(10)13/h3-7,14H,8,13H2,1-2H3. The molecule has 0 spiro atoms. The van der Waals surface area contributed by atoms with Gasteiger partial charge in [0.25, 0.3) is 0 Å². The van der Waals surface area contributed by atoms with Gasteiger partial charge in [-0.05, 0) is 18.6 Å². The molecule has 16 heavy (non-hydrogen) atoms. The summed E-state index contributed by atoms with van der Waals surface area (Å²) in [7, 11) is 1.92. The zero-order valence-electron chi connectivity index (χ0n) is 9.57. The Morgan fingerprint density at radius 3 is 2.75 bits per heavy atom. The summed E-state index contributed by atoms with van der Waals surface area (Å²) in [6, 6.07) is 9.87. The van der Waals surface area contributed by atoms with Gasteiger partial charge in [0, 0.05) is 25.3 Å². The summed E-state index contributed by atoms with van der Waals surface area (Å²) in [4.78, 5) is 0. The van der Waals surface area contributed by atoms with Gasteiger partial charge in [0.2, 0.25) is 0 Å². The Kier molecular flexibility index (Phi) is 2.81. The molecule has 1 heterocycles. The van der Waals surface area contributed by atoms with Gasteiger partial charge in [-0.3, -0.25) is 4.68 Å². The molecule has 1 aromatic heterocycles. The molecule has 0 amide bonds. The molecular formula is C12H16N4. The summed E-state index contributed by atoms with van der Waals surface area (Å²) in [5.74, 6) is 1.00. The fourth-order valence-corrected chi connectivity index (χ4v) is 1.66. The van der Waals surface area contributed by atoms with Gasteiger partial charge in [0.1, 0.15) is 5.82 Å². The lowest BCUT2D eigenvalue weighted by Crippen LogP contribution is -2.06. The first-order valence-corrected chi connectivity index (χ1v) is 5.24. The van der Waals surface area contributed by atoms with Crippen LogP contribution in [0, 0.1) is 6.92 Å². The van der Waals surface area contributed by atoms with Gasteiger partial charge in [-0.1, -0.05) is 18.2 Å². The molecule has 0 aliphatic heterocycles. The van der Waals surface area contributed by atoms with E-state index in [0.717, 1.165) is 22.8 Å². The minimum atomic E-state index is 0.714. The predicted octanol–water partition coefficient (Wildman–Crippen LogP) is 1.92. The Morgan fingerprint density at radius 1 is 1.38 bits per heavy atom. The highest BCUT2D eigenvalue weighted by molar-refractivity contribution is 5.48. The quantitative estimate of drug-likeness (QED) is 0.771. The van der Waals surface area contributed by atoms with E-state index in [-0.39, 0.29) is 0 Å². The topological polar surface area (TPSA) is 55.9 Å². The highest BCUT2D eigenvalue weighted by Crippen LogP contribution is 2.14. The lowest BCUT2D eigenvalue weighted by atomic mass is 10.2. The Hall–Kier alpha value is -1.97. The van der Waals surface area contributed by atoms with E-state index in [1.807, 2.05) is 49.0 Å². The normalized spacial score (nSPS) is 10.4. The molecule has 2 rings (SSSR count). The Bertz CT molecular complexity index is 488. The van der Waals surface area contributed by atoms with Crippen molar-refractivity contribution in [3.8, 4) is 0 Å². The van der Waals surface area contributed by atoms with E-state index in [9.17, 15) is 0 Å². The fourth-order valence-electron chi connectivity index (χ4n) is 1.66. The van der Waals surface area contributed by atoms with Gasteiger partial charge in [-0.2, -0.15) is 5.10 Å². The summed E-state index contributed by atoms with van der Waals surface area (Å²) in [5.41, 5.74) is 8.78. The first kappa shape index (κ1) is 10.5. The molecule has 0 fully saturated rings. The van der Waals surface area contributed by atoms with E-state index in [0.29, 0.717) is 6.54 Å². The van der Waals surface area contributed by atoms with Gasteiger partial charge in [0.15, 0.2) is 0 Å². The third-order valence-electron chi connectivity index (χ3n) is 2.52. The van der Waals surface area contributed by atoms with Crippen molar-refractivity contribution in [3.05, 3.63) is 41.6 Å². The second kappa shape index (κ2) is 4.26. The summed E-state index contributed by atoms with van der Waals surface area (Å²) in [6.45, 7) is 2.69. The summed E-state index contributed by atoms with van der Waals surface area (Å²) in [5, 5.41) is 7.58. The van der Waals surface area contributed by atoms with Crippen LogP contribution in [0.1, 0.15) is 11.3 Å². The molecule has 0 aliphatic carbocycles. The minimum Gasteiger partial charge on any atom is -0.398 e. The number of aromatic nitrogens is 2. The monoisotopic (exact) mass is 216 g/mol. The van der Waals surface area contributed by atoms with E-state index in [1.54, 1.807) is 0 Å². The number of benzene rings is 1. The van der Waals surface area contributed by atoms with Gasteiger partial charge < -0.3 is 11.1 Å². The van der Waals surface area contributed by atoms with Crippen molar-refractivity contribution >= 4 is 11.5 Å². The van der Waals surface area contributed by atoms with Crippen LogP contribution in [0.15, 0.2) is 30.3 Å². The smallest absolute Gasteiger partial charge is 0.124 e. The van der Waals surface area contributed by atoms with Crippen molar-refractivity contribution in [1.82, 2.24) is 9.78 Å². The molecule has 0 unspecified atom stereocenters. The van der Waals surface area contributed by atoms with Crippen LogP contribution in [0.4, 0.5) is 11.5 Å². The molecule has 0 radical (unpaired) electrons. The van der Waals surface area contributed by atoms with Crippen LogP contribution >= 0.6 is 0 Å². The number of nitrogens with one attached hydrogen (secondary N) is 1. The highest BCUT2D eigenvalue weighted by Gasteiger charge is 2.02. The number of aryl methyl sites for hydroxylation is 2. The molecule has 4 nitrogen and oxygen atoms in total. The first-order chi connectivity index (χ1) is 7.66. The molecule has 0 atom stereocenters. The van der Waals surface area contributed by atoms with Crippen molar-refractivity contribution in [3.63, 3.8) is 0 Å². The van der Waals surface area contributed by atoms with E-state index in [2.05, 4.69) is 10.4 Å². The molecule has 0 aliphatic rings. The third-order valence-corrected chi connectivity index (χ3v) is 2.52.